The number of rotatable bonds is 2. The summed E-state index contributed by atoms with van der Waals surface area (Å²) < 4.78 is 0. The first kappa shape index (κ1) is 13.5. The zero-order valence-electron chi connectivity index (χ0n) is 11.7. The minimum atomic E-state index is 0.283. The maximum Gasteiger partial charge on any atom is 0.157 e. The van der Waals surface area contributed by atoms with Crippen LogP contribution < -0.4 is 5.32 Å². The molecule has 2 nitrogen and oxygen atoms in total. The lowest BCUT2D eigenvalue weighted by Gasteiger charge is -2.36. The van der Waals surface area contributed by atoms with E-state index in [-0.39, 0.29) is 6.04 Å². The van der Waals surface area contributed by atoms with Gasteiger partial charge in [-0.05, 0) is 37.1 Å². The summed E-state index contributed by atoms with van der Waals surface area (Å²) in [5.74, 6) is 2.06. The van der Waals surface area contributed by atoms with Crippen LogP contribution in [-0.2, 0) is 0 Å². The summed E-state index contributed by atoms with van der Waals surface area (Å²) in [6, 6.07) is 4.57. The van der Waals surface area contributed by atoms with E-state index in [1.165, 1.54) is 36.3 Å². The van der Waals surface area contributed by atoms with E-state index in [4.69, 9.17) is 4.99 Å². The molecule has 104 valence electrons. The number of aliphatic imine (C=N–C) groups is 1. The van der Waals surface area contributed by atoms with Gasteiger partial charge in [-0.3, -0.25) is 4.99 Å². The number of hydrogen-bond acceptors (Lipinski definition) is 3. The van der Waals surface area contributed by atoms with E-state index < -0.39 is 0 Å². The van der Waals surface area contributed by atoms with E-state index in [1.54, 1.807) is 11.3 Å². The molecule has 0 aromatic carbocycles. The molecule has 2 fully saturated rings. The number of thioether (sulfide) groups is 1. The summed E-state index contributed by atoms with van der Waals surface area (Å²) in [6.07, 6.45) is 5.39. The highest BCUT2D eigenvalue weighted by Crippen LogP contribution is 2.39. The van der Waals surface area contributed by atoms with Gasteiger partial charge in [-0.15, -0.1) is 11.3 Å². The van der Waals surface area contributed by atoms with Crippen molar-refractivity contribution in [1.29, 1.82) is 0 Å². The van der Waals surface area contributed by atoms with Gasteiger partial charge < -0.3 is 5.32 Å². The van der Waals surface area contributed by atoms with Crippen LogP contribution in [0.3, 0.4) is 0 Å². The SMILES string of the molecule is CC1CCCC2(CSC(=NC(C)c3cccs3)N2)C1. The van der Waals surface area contributed by atoms with Crippen LogP contribution in [0.25, 0.3) is 0 Å². The summed E-state index contributed by atoms with van der Waals surface area (Å²) in [4.78, 5) is 6.23. The van der Waals surface area contributed by atoms with Crippen molar-refractivity contribution in [2.45, 2.75) is 51.1 Å². The third-order valence-electron chi connectivity index (χ3n) is 4.21. The minimum Gasteiger partial charge on any atom is -0.359 e. The van der Waals surface area contributed by atoms with E-state index in [9.17, 15) is 0 Å². The number of nitrogens with zero attached hydrogens (tertiary/aromatic N) is 1. The van der Waals surface area contributed by atoms with Crippen molar-refractivity contribution in [3.05, 3.63) is 22.4 Å². The number of nitrogens with one attached hydrogen (secondary N) is 1. The topological polar surface area (TPSA) is 24.4 Å². The molecule has 1 saturated heterocycles. The van der Waals surface area contributed by atoms with Crippen LogP contribution in [0.15, 0.2) is 22.5 Å². The molecule has 2 aliphatic rings. The molecule has 1 aromatic heterocycles. The third kappa shape index (κ3) is 3.00. The van der Waals surface area contributed by atoms with Crippen LogP contribution in [-0.4, -0.2) is 16.5 Å². The maximum absolute atomic E-state index is 4.87. The fourth-order valence-electron chi connectivity index (χ4n) is 3.25. The summed E-state index contributed by atoms with van der Waals surface area (Å²) in [5, 5.41) is 7.04. The monoisotopic (exact) mass is 294 g/mol. The predicted octanol–water partition coefficient (Wildman–Crippen LogP) is 4.45. The van der Waals surface area contributed by atoms with Gasteiger partial charge in [0.1, 0.15) is 0 Å². The van der Waals surface area contributed by atoms with Crippen LogP contribution in [0.5, 0.6) is 0 Å². The van der Waals surface area contributed by atoms with Crippen LogP contribution in [0.2, 0.25) is 0 Å². The highest BCUT2D eigenvalue weighted by molar-refractivity contribution is 8.14. The van der Waals surface area contributed by atoms with Crippen molar-refractivity contribution in [3.63, 3.8) is 0 Å². The molecule has 1 N–H and O–H groups in total. The Morgan fingerprint density at radius 1 is 1.53 bits per heavy atom. The average molecular weight is 294 g/mol. The Balaban J connectivity index is 1.68. The van der Waals surface area contributed by atoms with Crippen LogP contribution in [0.1, 0.15) is 50.4 Å². The lowest BCUT2D eigenvalue weighted by Crippen LogP contribution is -2.47. The molecule has 4 heteroatoms. The van der Waals surface area contributed by atoms with Crippen molar-refractivity contribution in [1.82, 2.24) is 5.32 Å². The Morgan fingerprint density at radius 3 is 3.16 bits per heavy atom. The largest absolute Gasteiger partial charge is 0.359 e. The molecule has 0 radical (unpaired) electrons. The predicted molar refractivity (Wildman–Crippen MR) is 86.1 cm³/mol. The fraction of sp³-hybridized carbons (Fsp3) is 0.667. The number of thiophene rings is 1. The normalized spacial score (nSPS) is 34.6. The Hall–Kier alpha value is -0.480. The molecule has 1 aromatic rings. The molecular formula is C15H22N2S2. The van der Waals surface area contributed by atoms with E-state index in [0.29, 0.717) is 5.54 Å². The van der Waals surface area contributed by atoms with Crippen molar-refractivity contribution in [2.24, 2.45) is 10.9 Å². The van der Waals surface area contributed by atoms with E-state index >= 15 is 0 Å². The third-order valence-corrected chi connectivity index (χ3v) is 6.43. The van der Waals surface area contributed by atoms with Crippen LogP contribution in [0, 0.1) is 5.92 Å². The molecule has 1 saturated carbocycles. The molecule has 1 spiro atoms. The number of hydrogen-bond donors (Lipinski definition) is 1. The van der Waals surface area contributed by atoms with Crippen molar-refractivity contribution in [2.75, 3.05) is 5.75 Å². The summed E-state index contributed by atoms with van der Waals surface area (Å²) in [7, 11) is 0. The van der Waals surface area contributed by atoms with Gasteiger partial charge in [0.25, 0.3) is 0 Å². The Kier molecular flexibility index (Phi) is 3.90. The second-order valence-electron chi connectivity index (χ2n) is 6.02. The average Bonchev–Trinajstić information content (AvgIpc) is 3.00. The van der Waals surface area contributed by atoms with E-state index in [2.05, 4.69) is 36.7 Å². The smallest absolute Gasteiger partial charge is 0.157 e. The fourth-order valence-corrected chi connectivity index (χ4v) is 5.24. The molecule has 1 aliphatic carbocycles. The molecule has 19 heavy (non-hydrogen) atoms. The second-order valence-corrected chi connectivity index (χ2v) is 7.96. The summed E-state index contributed by atoms with van der Waals surface area (Å²) >= 11 is 3.72. The zero-order valence-corrected chi connectivity index (χ0v) is 13.3. The lowest BCUT2D eigenvalue weighted by atomic mass is 9.78. The number of amidine groups is 1. The molecule has 3 unspecified atom stereocenters. The summed E-state index contributed by atoms with van der Waals surface area (Å²) in [5.41, 5.74) is 0.344. The van der Waals surface area contributed by atoms with Gasteiger partial charge in [0.05, 0.1) is 6.04 Å². The molecule has 3 atom stereocenters. The molecule has 3 rings (SSSR count). The van der Waals surface area contributed by atoms with Crippen molar-refractivity contribution in [3.8, 4) is 0 Å². The molecule has 0 amide bonds. The first-order valence-electron chi connectivity index (χ1n) is 7.19. The van der Waals surface area contributed by atoms with Gasteiger partial charge >= 0.3 is 0 Å². The van der Waals surface area contributed by atoms with Crippen LogP contribution >= 0.6 is 23.1 Å². The van der Waals surface area contributed by atoms with Crippen molar-refractivity contribution >= 4 is 28.3 Å². The Morgan fingerprint density at radius 2 is 2.42 bits per heavy atom. The highest BCUT2D eigenvalue weighted by atomic mass is 32.2. The lowest BCUT2D eigenvalue weighted by molar-refractivity contribution is 0.242. The Labute approximate surface area is 124 Å². The van der Waals surface area contributed by atoms with Gasteiger partial charge in [-0.25, -0.2) is 0 Å². The summed E-state index contributed by atoms with van der Waals surface area (Å²) in [6.45, 7) is 4.58. The highest BCUT2D eigenvalue weighted by Gasteiger charge is 2.40. The first-order valence-corrected chi connectivity index (χ1v) is 9.06. The molecular weight excluding hydrogens is 272 g/mol. The quantitative estimate of drug-likeness (QED) is 0.871. The molecule has 0 bridgehead atoms. The zero-order chi connectivity index (χ0) is 13.3. The van der Waals surface area contributed by atoms with Gasteiger partial charge in [-0.1, -0.05) is 37.6 Å². The van der Waals surface area contributed by atoms with Gasteiger partial charge in [0, 0.05) is 16.2 Å². The second kappa shape index (κ2) is 5.49. The standard InChI is InChI=1S/C15H22N2S2/c1-11-5-3-7-15(9-11)10-19-14(17-15)16-12(2)13-6-4-8-18-13/h4,6,8,11-12H,3,5,7,9-10H2,1-2H3,(H,16,17). The van der Waals surface area contributed by atoms with Crippen LogP contribution in [0.4, 0.5) is 0 Å². The molecule has 1 aliphatic heterocycles. The van der Waals surface area contributed by atoms with E-state index in [1.807, 2.05) is 11.8 Å². The molecule has 2 heterocycles. The van der Waals surface area contributed by atoms with Gasteiger partial charge in [0.15, 0.2) is 5.17 Å². The minimum absolute atomic E-state index is 0.283. The van der Waals surface area contributed by atoms with Gasteiger partial charge in [0.2, 0.25) is 0 Å². The van der Waals surface area contributed by atoms with Crippen molar-refractivity contribution < 1.29 is 0 Å². The Bertz CT molecular complexity index is 455. The maximum atomic E-state index is 4.87. The van der Waals surface area contributed by atoms with Gasteiger partial charge in [-0.2, -0.15) is 0 Å². The first-order chi connectivity index (χ1) is 9.17. The van der Waals surface area contributed by atoms with E-state index in [0.717, 1.165) is 11.1 Å².